The summed E-state index contributed by atoms with van der Waals surface area (Å²) in [7, 11) is 0.261. The fourth-order valence-corrected chi connectivity index (χ4v) is 4.82. The Bertz CT molecular complexity index is 1070. The van der Waals surface area contributed by atoms with Crippen LogP contribution in [-0.2, 0) is 16.4 Å². The van der Waals surface area contributed by atoms with E-state index in [9.17, 15) is 12.8 Å². The van der Waals surface area contributed by atoms with E-state index in [0.717, 1.165) is 29.5 Å². The lowest BCUT2D eigenvalue weighted by molar-refractivity contribution is 0.413. The normalized spacial score (nSPS) is 15.0. The Kier molecular flexibility index (Phi) is 3.30. The molecule has 0 unspecified atom stereocenters. The van der Waals surface area contributed by atoms with Crippen molar-refractivity contribution in [3.8, 4) is 11.1 Å². The van der Waals surface area contributed by atoms with E-state index in [4.69, 9.17) is 0 Å². The van der Waals surface area contributed by atoms with Crippen LogP contribution in [0.3, 0.4) is 0 Å². The van der Waals surface area contributed by atoms with Gasteiger partial charge in [-0.25, -0.2) is 16.8 Å². The molecule has 0 aliphatic carbocycles. The average molecular weight is 344 g/mol. The van der Waals surface area contributed by atoms with Gasteiger partial charge in [0.15, 0.2) is 0 Å². The van der Waals surface area contributed by atoms with Crippen molar-refractivity contribution < 1.29 is 12.8 Å². The molecule has 1 aliphatic rings. The number of hydrogen-bond donors (Lipinski definition) is 0. The highest BCUT2D eigenvalue weighted by molar-refractivity contribution is 7.90. The molecule has 124 valence electrons. The van der Waals surface area contributed by atoms with Gasteiger partial charge in [0.1, 0.15) is 5.82 Å². The molecule has 4 nitrogen and oxygen atoms in total. The lowest BCUT2D eigenvalue weighted by Crippen LogP contribution is -2.17. The van der Waals surface area contributed by atoms with Crippen LogP contribution in [0.1, 0.15) is 5.56 Å². The van der Waals surface area contributed by atoms with Crippen LogP contribution >= 0.6 is 0 Å². The summed E-state index contributed by atoms with van der Waals surface area (Å²) in [5.74, 6) is -0.443. The number of hydrogen-bond acceptors (Lipinski definition) is 3. The molecular weight excluding hydrogens is 327 g/mol. The van der Waals surface area contributed by atoms with Gasteiger partial charge in [0.25, 0.3) is 10.0 Å². The van der Waals surface area contributed by atoms with Crippen LogP contribution in [0, 0.1) is 5.82 Å². The first-order chi connectivity index (χ1) is 11.4. The monoisotopic (exact) mass is 344 g/mol. The molecule has 0 N–H and O–H groups in total. The van der Waals surface area contributed by atoms with Gasteiger partial charge in [-0.3, -0.25) is 0 Å². The van der Waals surface area contributed by atoms with Crippen molar-refractivity contribution in [2.75, 3.05) is 20.6 Å². The van der Waals surface area contributed by atoms with Gasteiger partial charge >= 0.3 is 0 Å². The van der Waals surface area contributed by atoms with E-state index in [-0.39, 0.29) is 0 Å². The second-order valence-electron chi connectivity index (χ2n) is 6.39. The van der Waals surface area contributed by atoms with Gasteiger partial charge in [0.2, 0.25) is 0 Å². The largest absolute Gasteiger partial charge is 0.309 e. The van der Waals surface area contributed by atoms with Crippen molar-refractivity contribution in [2.45, 2.75) is 11.3 Å². The summed E-state index contributed by atoms with van der Waals surface area (Å²) in [4.78, 5) is 2.36. The first-order valence-corrected chi connectivity index (χ1v) is 9.16. The standard InChI is InChI=1S/C18H17FN2O2S/c1-20(2)8-7-12-3-5-15-16-11-21(24(22,23)18(15)9-12)17-10-13(19)4-6-14(16)17/h3-6,9-11H,7-8H2,1-2H3. The number of rotatable bonds is 3. The highest BCUT2D eigenvalue weighted by Gasteiger charge is 2.31. The molecule has 24 heavy (non-hydrogen) atoms. The average Bonchev–Trinajstić information content (AvgIpc) is 2.88. The molecule has 2 bridgehead atoms. The Morgan fingerprint density at radius 3 is 2.62 bits per heavy atom. The van der Waals surface area contributed by atoms with Gasteiger partial charge in [-0.15, -0.1) is 0 Å². The summed E-state index contributed by atoms with van der Waals surface area (Å²) in [6, 6.07) is 9.85. The van der Waals surface area contributed by atoms with Gasteiger partial charge in [0.05, 0.1) is 10.4 Å². The zero-order valence-electron chi connectivity index (χ0n) is 13.5. The molecule has 0 spiro atoms. The second kappa shape index (κ2) is 5.16. The maximum atomic E-state index is 13.6. The van der Waals surface area contributed by atoms with E-state index in [1.165, 1.54) is 16.1 Å². The maximum Gasteiger partial charge on any atom is 0.268 e. The van der Waals surface area contributed by atoms with E-state index < -0.39 is 15.8 Å². The molecule has 4 rings (SSSR count). The molecule has 0 amide bonds. The summed E-state index contributed by atoms with van der Waals surface area (Å²) in [5, 5.41) is 0.750. The van der Waals surface area contributed by atoms with Crippen molar-refractivity contribution >= 4 is 20.9 Å². The smallest absolute Gasteiger partial charge is 0.268 e. The number of halogens is 1. The van der Waals surface area contributed by atoms with Gasteiger partial charge < -0.3 is 4.90 Å². The lowest BCUT2D eigenvalue weighted by Gasteiger charge is -2.16. The first-order valence-electron chi connectivity index (χ1n) is 7.72. The molecule has 0 radical (unpaired) electrons. The van der Waals surface area contributed by atoms with Gasteiger partial charge in [-0.05, 0) is 50.3 Å². The molecule has 0 saturated carbocycles. The predicted octanol–water partition coefficient (Wildman–Crippen LogP) is 3.10. The number of likely N-dealkylation sites (N-methyl/N-ethyl adjacent to an activating group) is 1. The van der Waals surface area contributed by atoms with E-state index in [2.05, 4.69) is 4.90 Å². The fourth-order valence-electron chi connectivity index (χ4n) is 3.20. The Morgan fingerprint density at radius 1 is 1.08 bits per heavy atom. The zero-order valence-corrected chi connectivity index (χ0v) is 14.3. The minimum atomic E-state index is -3.71. The van der Waals surface area contributed by atoms with Crippen molar-refractivity contribution in [1.82, 2.24) is 8.87 Å². The van der Waals surface area contributed by atoms with Crippen molar-refractivity contribution in [2.24, 2.45) is 0 Å². The maximum absolute atomic E-state index is 13.6. The predicted molar refractivity (Wildman–Crippen MR) is 92.2 cm³/mol. The molecular formula is C18H17FN2O2S. The minimum absolute atomic E-state index is 0.299. The molecule has 0 saturated heterocycles. The SMILES string of the molecule is CN(C)CCc1ccc2c(c1)S(=O)(=O)n1cc-2c2ccc(F)cc21. The Hall–Kier alpha value is -2.18. The van der Waals surface area contributed by atoms with Crippen LogP contribution in [-0.4, -0.2) is 37.9 Å². The lowest BCUT2D eigenvalue weighted by atomic mass is 10.0. The minimum Gasteiger partial charge on any atom is -0.309 e. The van der Waals surface area contributed by atoms with E-state index in [1.54, 1.807) is 18.3 Å². The molecule has 0 atom stereocenters. The molecule has 3 aromatic rings. The molecule has 6 heteroatoms. The summed E-state index contributed by atoms with van der Waals surface area (Å²) in [5.41, 5.74) is 2.87. The quantitative estimate of drug-likeness (QED) is 0.573. The van der Waals surface area contributed by atoms with E-state index >= 15 is 0 Å². The van der Waals surface area contributed by atoms with Crippen LogP contribution < -0.4 is 0 Å². The van der Waals surface area contributed by atoms with Crippen molar-refractivity contribution in [3.05, 3.63) is 54.0 Å². The highest BCUT2D eigenvalue weighted by atomic mass is 32.2. The Labute approximate surface area is 140 Å². The Balaban J connectivity index is 1.94. The third-order valence-electron chi connectivity index (χ3n) is 4.45. The van der Waals surface area contributed by atoms with Crippen LogP contribution in [0.4, 0.5) is 4.39 Å². The van der Waals surface area contributed by atoms with Crippen molar-refractivity contribution in [3.63, 3.8) is 0 Å². The van der Waals surface area contributed by atoms with Gasteiger partial charge in [-0.2, -0.15) is 0 Å². The number of benzene rings is 2. The zero-order chi connectivity index (χ0) is 17.1. The molecule has 1 aromatic heterocycles. The number of fused-ring (bicyclic) bond motifs is 7. The van der Waals surface area contributed by atoms with Gasteiger partial charge in [0, 0.05) is 29.3 Å². The summed E-state index contributed by atoms with van der Waals surface area (Å²) in [6.07, 6.45) is 2.36. The third-order valence-corrected chi connectivity index (χ3v) is 6.17. The summed E-state index contributed by atoms with van der Waals surface area (Å²) < 4.78 is 40.7. The van der Waals surface area contributed by atoms with Crippen LogP contribution in [0.2, 0.25) is 0 Å². The van der Waals surface area contributed by atoms with Crippen LogP contribution in [0.15, 0.2) is 47.5 Å². The summed E-state index contributed by atoms with van der Waals surface area (Å²) >= 11 is 0. The van der Waals surface area contributed by atoms with Crippen LogP contribution in [0.25, 0.3) is 22.0 Å². The fraction of sp³-hybridized carbons (Fsp3) is 0.222. The van der Waals surface area contributed by atoms with E-state index in [0.29, 0.717) is 16.0 Å². The second-order valence-corrected chi connectivity index (χ2v) is 8.17. The van der Waals surface area contributed by atoms with Crippen molar-refractivity contribution in [1.29, 1.82) is 0 Å². The van der Waals surface area contributed by atoms with Gasteiger partial charge in [-0.1, -0.05) is 12.1 Å². The number of aromatic nitrogens is 1. The molecule has 2 heterocycles. The number of nitrogens with zero attached hydrogens (tertiary/aromatic N) is 2. The van der Waals surface area contributed by atoms with Crippen LogP contribution in [0.5, 0.6) is 0 Å². The summed E-state index contributed by atoms with van der Waals surface area (Å²) in [6.45, 7) is 0.844. The molecule has 2 aromatic carbocycles. The third kappa shape index (κ3) is 2.17. The Morgan fingerprint density at radius 2 is 1.88 bits per heavy atom. The highest BCUT2D eigenvalue weighted by Crippen LogP contribution is 2.41. The first kappa shape index (κ1) is 15.4. The molecule has 0 fully saturated rings. The topological polar surface area (TPSA) is 42.3 Å². The molecule has 1 aliphatic heterocycles. The van der Waals surface area contributed by atoms with E-state index in [1.807, 2.05) is 26.2 Å².